The van der Waals surface area contributed by atoms with Crippen molar-refractivity contribution in [3.63, 3.8) is 0 Å². The average molecular weight is 213 g/mol. The molecule has 0 aromatic heterocycles. The maximum Gasteiger partial charge on any atom is 0.317 e. The fourth-order valence-electron chi connectivity index (χ4n) is 2.01. The van der Waals surface area contributed by atoms with Crippen LogP contribution in [-0.2, 0) is 4.74 Å². The minimum atomic E-state index is 0.0620. The van der Waals surface area contributed by atoms with Gasteiger partial charge in [0.15, 0.2) is 0 Å². The highest BCUT2D eigenvalue weighted by Gasteiger charge is 2.20. The first-order valence-electron chi connectivity index (χ1n) is 5.70. The van der Waals surface area contributed by atoms with E-state index in [9.17, 15) is 4.79 Å². The van der Waals surface area contributed by atoms with Crippen molar-refractivity contribution >= 4 is 6.03 Å². The summed E-state index contributed by atoms with van der Waals surface area (Å²) in [5.41, 5.74) is 0. The highest BCUT2D eigenvalue weighted by atomic mass is 16.5. The number of piperidine rings is 1. The van der Waals surface area contributed by atoms with Gasteiger partial charge in [-0.2, -0.15) is 0 Å². The Morgan fingerprint density at radius 1 is 1.40 bits per heavy atom. The number of rotatable bonds is 1. The molecule has 86 valence electrons. The predicted octanol–water partition coefficient (Wildman–Crippen LogP) is -0.220. The van der Waals surface area contributed by atoms with Crippen LogP contribution < -0.4 is 10.6 Å². The van der Waals surface area contributed by atoms with Gasteiger partial charge in [0.05, 0.1) is 13.2 Å². The number of hydrogen-bond donors (Lipinski definition) is 2. The van der Waals surface area contributed by atoms with Crippen LogP contribution in [0.15, 0.2) is 0 Å². The lowest BCUT2D eigenvalue weighted by Gasteiger charge is -2.30. The Labute approximate surface area is 90.1 Å². The molecule has 5 nitrogen and oxygen atoms in total. The van der Waals surface area contributed by atoms with Gasteiger partial charge in [-0.15, -0.1) is 0 Å². The molecule has 0 aromatic rings. The fourth-order valence-corrected chi connectivity index (χ4v) is 2.01. The van der Waals surface area contributed by atoms with Gasteiger partial charge in [-0.05, 0) is 19.4 Å². The topological polar surface area (TPSA) is 53.6 Å². The van der Waals surface area contributed by atoms with E-state index in [2.05, 4.69) is 10.6 Å². The van der Waals surface area contributed by atoms with Crippen LogP contribution in [0.25, 0.3) is 0 Å². The van der Waals surface area contributed by atoms with Gasteiger partial charge >= 0.3 is 6.03 Å². The summed E-state index contributed by atoms with van der Waals surface area (Å²) in [5.74, 6) is 0. The summed E-state index contributed by atoms with van der Waals surface area (Å²) < 4.78 is 5.21. The van der Waals surface area contributed by atoms with Crippen molar-refractivity contribution < 1.29 is 9.53 Å². The highest BCUT2D eigenvalue weighted by molar-refractivity contribution is 5.74. The van der Waals surface area contributed by atoms with E-state index in [4.69, 9.17) is 4.74 Å². The number of nitrogens with one attached hydrogen (secondary N) is 2. The molecule has 2 aliphatic rings. The Morgan fingerprint density at radius 2 is 2.20 bits per heavy atom. The van der Waals surface area contributed by atoms with Gasteiger partial charge in [-0.3, -0.25) is 0 Å². The molecule has 2 saturated heterocycles. The van der Waals surface area contributed by atoms with Gasteiger partial charge in [0.1, 0.15) is 0 Å². The van der Waals surface area contributed by atoms with E-state index in [1.54, 1.807) is 0 Å². The van der Waals surface area contributed by atoms with Crippen LogP contribution in [0.5, 0.6) is 0 Å². The van der Waals surface area contributed by atoms with Crippen molar-refractivity contribution in [2.45, 2.75) is 18.9 Å². The third-order valence-corrected chi connectivity index (χ3v) is 2.92. The zero-order chi connectivity index (χ0) is 10.5. The molecule has 5 heteroatoms. The number of morpholine rings is 1. The Kier molecular flexibility index (Phi) is 3.80. The molecule has 0 spiro atoms. The summed E-state index contributed by atoms with van der Waals surface area (Å²) in [7, 11) is 0. The minimum absolute atomic E-state index is 0.0620. The monoisotopic (exact) mass is 213 g/mol. The summed E-state index contributed by atoms with van der Waals surface area (Å²) in [6.07, 6.45) is 2.23. The van der Waals surface area contributed by atoms with Gasteiger partial charge in [0.2, 0.25) is 0 Å². The first kappa shape index (κ1) is 10.7. The van der Waals surface area contributed by atoms with Gasteiger partial charge in [0.25, 0.3) is 0 Å². The molecule has 1 atom stereocenters. The van der Waals surface area contributed by atoms with Crippen LogP contribution in [0, 0.1) is 0 Å². The second kappa shape index (κ2) is 5.32. The Balaban J connectivity index is 1.74. The second-order valence-corrected chi connectivity index (χ2v) is 4.09. The first-order chi connectivity index (χ1) is 7.36. The van der Waals surface area contributed by atoms with Crippen LogP contribution in [0.1, 0.15) is 12.8 Å². The summed E-state index contributed by atoms with van der Waals surface area (Å²) in [6, 6.07) is 0.362. The van der Waals surface area contributed by atoms with E-state index < -0.39 is 0 Å². The summed E-state index contributed by atoms with van der Waals surface area (Å²) >= 11 is 0. The molecular formula is C10H19N3O2. The van der Waals surface area contributed by atoms with E-state index in [1.165, 1.54) is 0 Å². The molecule has 2 heterocycles. The number of carbonyl (C=O) groups is 1. The molecule has 2 N–H and O–H groups in total. The van der Waals surface area contributed by atoms with Crippen LogP contribution in [-0.4, -0.2) is 56.4 Å². The summed E-state index contributed by atoms with van der Waals surface area (Å²) in [5, 5.41) is 6.34. The molecule has 2 rings (SSSR count). The van der Waals surface area contributed by atoms with Gasteiger partial charge in [-0.1, -0.05) is 0 Å². The van der Waals surface area contributed by atoms with Gasteiger partial charge < -0.3 is 20.3 Å². The lowest BCUT2D eigenvalue weighted by Crippen LogP contribution is -2.52. The number of amides is 2. The smallest absolute Gasteiger partial charge is 0.317 e. The number of nitrogens with zero attached hydrogens (tertiary/aromatic N) is 1. The lowest BCUT2D eigenvalue weighted by molar-refractivity contribution is 0.0523. The van der Waals surface area contributed by atoms with Crippen LogP contribution in [0.2, 0.25) is 0 Å². The standard InChI is InChI=1S/C10H19N3O2/c14-10(13-4-6-15-7-5-13)12-9-2-1-3-11-8-9/h9,11H,1-8H2,(H,12,14)/t9-/m0/s1. The van der Waals surface area contributed by atoms with Gasteiger partial charge in [0, 0.05) is 25.7 Å². The zero-order valence-electron chi connectivity index (χ0n) is 9.00. The lowest BCUT2D eigenvalue weighted by atomic mass is 10.1. The third-order valence-electron chi connectivity index (χ3n) is 2.92. The van der Waals surface area contributed by atoms with Gasteiger partial charge in [-0.25, -0.2) is 4.79 Å². The minimum Gasteiger partial charge on any atom is -0.378 e. The maximum absolute atomic E-state index is 11.8. The van der Waals surface area contributed by atoms with Crippen molar-refractivity contribution in [2.24, 2.45) is 0 Å². The van der Waals surface area contributed by atoms with E-state index in [0.717, 1.165) is 25.9 Å². The quantitative estimate of drug-likeness (QED) is 0.633. The molecule has 15 heavy (non-hydrogen) atoms. The van der Waals surface area contributed by atoms with Crippen LogP contribution in [0.4, 0.5) is 4.79 Å². The molecule has 2 aliphatic heterocycles. The Bertz CT molecular complexity index is 211. The Morgan fingerprint density at radius 3 is 2.87 bits per heavy atom. The van der Waals surface area contributed by atoms with Crippen molar-refractivity contribution in [1.82, 2.24) is 15.5 Å². The van der Waals surface area contributed by atoms with E-state index in [0.29, 0.717) is 32.3 Å². The highest BCUT2D eigenvalue weighted by Crippen LogP contribution is 2.03. The molecule has 0 radical (unpaired) electrons. The SMILES string of the molecule is O=C(N[C@H]1CCCNC1)N1CCOCC1. The zero-order valence-corrected chi connectivity index (χ0v) is 9.00. The normalized spacial score (nSPS) is 27.5. The van der Waals surface area contributed by atoms with Crippen LogP contribution >= 0.6 is 0 Å². The van der Waals surface area contributed by atoms with E-state index in [-0.39, 0.29) is 6.03 Å². The maximum atomic E-state index is 11.8. The van der Waals surface area contributed by atoms with E-state index in [1.807, 2.05) is 4.90 Å². The molecule has 0 aliphatic carbocycles. The van der Waals surface area contributed by atoms with Crippen molar-refractivity contribution in [2.75, 3.05) is 39.4 Å². The predicted molar refractivity (Wildman–Crippen MR) is 56.8 cm³/mol. The van der Waals surface area contributed by atoms with Crippen LogP contribution in [0.3, 0.4) is 0 Å². The number of carbonyl (C=O) groups excluding carboxylic acids is 1. The average Bonchev–Trinajstić information content (AvgIpc) is 2.31. The third kappa shape index (κ3) is 3.07. The molecule has 0 aromatic carbocycles. The largest absolute Gasteiger partial charge is 0.378 e. The number of urea groups is 1. The first-order valence-corrected chi connectivity index (χ1v) is 5.70. The van der Waals surface area contributed by atoms with Crippen molar-refractivity contribution in [1.29, 1.82) is 0 Å². The van der Waals surface area contributed by atoms with Crippen molar-refractivity contribution in [3.8, 4) is 0 Å². The summed E-state index contributed by atoms with van der Waals surface area (Å²) in [4.78, 5) is 13.6. The molecule has 0 saturated carbocycles. The number of ether oxygens (including phenoxy) is 1. The fraction of sp³-hybridized carbons (Fsp3) is 0.900. The van der Waals surface area contributed by atoms with Crippen molar-refractivity contribution in [3.05, 3.63) is 0 Å². The number of hydrogen-bond acceptors (Lipinski definition) is 3. The molecule has 0 bridgehead atoms. The molecule has 2 fully saturated rings. The molecular weight excluding hydrogens is 194 g/mol. The second-order valence-electron chi connectivity index (χ2n) is 4.09. The Hall–Kier alpha value is -0.810. The van der Waals surface area contributed by atoms with E-state index >= 15 is 0 Å². The molecule has 2 amide bonds. The molecule has 0 unspecified atom stereocenters. The summed E-state index contributed by atoms with van der Waals surface area (Å²) in [6.45, 7) is 4.73.